The van der Waals surface area contributed by atoms with Crippen LogP contribution < -0.4 is 4.72 Å². The summed E-state index contributed by atoms with van der Waals surface area (Å²) in [6.07, 6.45) is 1.60. The van der Waals surface area contributed by atoms with E-state index in [2.05, 4.69) is 14.9 Å². The number of nitrogens with one attached hydrogen (secondary N) is 2. The van der Waals surface area contributed by atoms with E-state index in [-0.39, 0.29) is 11.7 Å². The summed E-state index contributed by atoms with van der Waals surface area (Å²) in [5.41, 5.74) is 1.32. The highest BCUT2D eigenvalue weighted by atomic mass is 35.5. The fraction of sp³-hybridized carbons (Fsp3) is 0.364. The van der Waals surface area contributed by atoms with Gasteiger partial charge >= 0.3 is 0 Å². The molecule has 18 heavy (non-hydrogen) atoms. The van der Waals surface area contributed by atoms with Crippen LogP contribution in [0.4, 0.5) is 5.69 Å². The lowest BCUT2D eigenvalue weighted by Crippen LogP contribution is -2.22. The predicted molar refractivity (Wildman–Crippen MR) is 73.4 cm³/mol. The van der Waals surface area contributed by atoms with Gasteiger partial charge in [0.25, 0.3) is 0 Å². The van der Waals surface area contributed by atoms with Crippen molar-refractivity contribution < 1.29 is 8.42 Å². The van der Waals surface area contributed by atoms with Crippen LogP contribution >= 0.6 is 11.6 Å². The molecule has 2 aromatic rings. The highest BCUT2D eigenvalue weighted by Crippen LogP contribution is 2.22. The molecule has 1 atom stereocenters. The Morgan fingerprint density at radius 1 is 1.50 bits per heavy atom. The molecule has 0 aliphatic carbocycles. The minimum absolute atomic E-state index is 0.00470. The molecular weight excluding hydrogens is 274 g/mol. The monoisotopic (exact) mass is 287 g/mol. The number of halogens is 1. The van der Waals surface area contributed by atoms with Crippen molar-refractivity contribution in [1.29, 1.82) is 0 Å². The quantitative estimate of drug-likeness (QED) is 0.828. The van der Waals surface area contributed by atoms with Crippen molar-refractivity contribution in [3.8, 4) is 0 Å². The zero-order valence-electron chi connectivity index (χ0n) is 9.85. The molecule has 1 unspecified atom stereocenters. The first-order chi connectivity index (χ1) is 8.52. The van der Waals surface area contributed by atoms with E-state index >= 15 is 0 Å². The van der Waals surface area contributed by atoms with Crippen molar-refractivity contribution in [2.45, 2.75) is 6.92 Å². The van der Waals surface area contributed by atoms with Gasteiger partial charge in [-0.05, 0) is 18.1 Å². The van der Waals surface area contributed by atoms with Crippen LogP contribution in [-0.2, 0) is 10.0 Å². The molecule has 2 N–H and O–H groups in total. The van der Waals surface area contributed by atoms with Crippen molar-refractivity contribution >= 4 is 38.2 Å². The number of anilines is 1. The molecule has 0 saturated carbocycles. The number of hydrogen-bond donors (Lipinski definition) is 2. The van der Waals surface area contributed by atoms with Crippen LogP contribution in [0.5, 0.6) is 0 Å². The summed E-state index contributed by atoms with van der Waals surface area (Å²) < 4.78 is 26.4. The lowest BCUT2D eigenvalue weighted by molar-refractivity contribution is 0.588. The molecule has 5 nitrogen and oxygen atoms in total. The van der Waals surface area contributed by atoms with Gasteiger partial charge in [0.05, 0.1) is 23.2 Å². The maximum absolute atomic E-state index is 11.9. The van der Waals surface area contributed by atoms with Gasteiger partial charge < -0.3 is 0 Å². The summed E-state index contributed by atoms with van der Waals surface area (Å²) in [4.78, 5) is 0. The smallest absolute Gasteiger partial charge is 0.233 e. The molecule has 1 heterocycles. The van der Waals surface area contributed by atoms with Gasteiger partial charge in [0.2, 0.25) is 10.0 Å². The summed E-state index contributed by atoms with van der Waals surface area (Å²) in [7, 11) is -3.39. The van der Waals surface area contributed by atoms with E-state index in [1.807, 2.05) is 6.07 Å². The van der Waals surface area contributed by atoms with E-state index in [0.717, 1.165) is 10.9 Å². The standard InChI is InChI=1S/C11H14ClN3O2S/c1-8(5-12)7-18(16,17)15-11-4-2-3-10-9(11)6-13-14-10/h2-4,6,8,15H,5,7H2,1H3,(H,13,14). The van der Waals surface area contributed by atoms with Gasteiger partial charge in [0, 0.05) is 11.3 Å². The third-order valence-electron chi connectivity index (χ3n) is 2.52. The van der Waals surface area contributed by atoms with Crippen molar-refractivity contribution in [3.05, 3.63) is 24.4 Å². The maximum atomic E-state index is 11.9. The van der Waals surface area contributed by atoms with Crippen LogP contribution in [0.1, 0.15) is 6.92 Å². The van der Waals surface area contributed by atoms with E-state index in [0.29, 0.717) is 11.6 Å². The molecule has 0 aliphatic rings. The summed E-state index contributed by atoms with van der Waals surface area (Å²) in [5, 5.41) is 7.43. The number of fused-ring (bicyclic) bond motifs is 1. The fourth-order valence-corrected chi connectivity index (χ4v) is 3.39. The van der Waals surface area contributed by atoms with E-state index in [4.69, 9.17) is 11.6 Å². The normalized spacial score (nSPS) is 13.7. The highest BCUT2D eigenvalue weighted by Gasteiger charge is 2.16. The Hall–Kier alpha value is -1.27. The van der Waals surface area contributed by atoms with Gasteiger partial charge in [-0.3, -0.25) is 9.82 Å². The lowest BCUT2D eigenvalue weighted by atomic mass is 10.2. The first kappa shape index (κ1) is 13.2. The van der Waals surface area contributed by atoms with Crippen LogP contribution in [0.25, 0.3) is 10.9 Å². The van der Waals surface area contributed by atoms with Gasteiger partial charge in [0.1, 0.15) is 0 Å². The Morgan fingerprint density at radius 2 is 2.28 bits per heavy atom. The molecule has 1 aromatic carbocycles. The van der Waals surface area contributed by atoms with Crippen molar-refractivity contribution in [3.63, 3.8) is 0 Å². The Bertz CT molecular complexity index is 639. The van der Waals surface area contributed by atoms with Gasteiger partial charge in [-0.25, -0.2) is 8.42 Å². The molecule has 1 aromatic heterocycles. The van der Waals surface area contributed by atoms with Crippen LogP contribution in [0, 0.1) is 5.92 Å². The van der Waals surface area contributed by atoms with Gasteiger partial charge in [-0.2, -0.15) is 5.10 Å². The van der Waals surface area contributed by atoms with Gasteiger partial charge in [-0.1, -0.05) is 13.0 Å². The third kappa shape index (κ3) is 2.94. The van der Waals surface area contributed by atoms with E-state index in [1.165, 1.54) is 0 Å². The molecule has 0 saturated heterocycles. The van der Waals surface area contributed by atoms with Crippen molar-refractivity contribution in [2.75, 3.05) is 16.4 Å². The lowest BCUT2D eigenvalue weighted by Gasteiger charge is -2.11. The number of benzene rings is 1. The molecule has 0 amide bonds. The number of rotatable bonds is 5. The fourth-order valence-electron chi connectivity index (χ4n) is 1.69. The first-order valence-corrected chi connectivity index (χ1v) is 7.69. The van der Waals surface area contributed by atoms with Crippen LogP contribution in [0.15, 0.2) is 24.4 Å². The predicted octanol–water partition coefficient (Wildman–Crippen LogP) is 2.18. The summed E-state index contributed by atoms with van der Waals surface area (Å²) in [6.45, 7) is 1.80. The van der Waals surface area contributed by atoms with E-state index < -0.39 is 10.0 Å². The van der Waals surface area contributed by atoms with Gasteiger partial charge in [-0.15, -0.1) is 11.6 Å². The van der Waals surface area contributed by atoms with Crippen LogP contribution in [0.3, 0.4) is 0 Å². The third-order valence-corrected chi connectivity index (χ3v) is 4.58. The Kier molecular flexibility index (Phi) is 3.77. The molecule has 0 bridgehead atoms. The molecular formula is C11H14ClN3O2S. The Balaban J connectivity index is 2.26. The van der Waals surface area contributed by atoms with E-state index in [1.54, 1.807) is 25.3 Å². The molecule has 0 spiro atoms. The molecule has 98 valence electrons. The number of aromatic nitrogens is 2. The number of nitrogens with zero attached hydrogens (tertiary/aromatic N) is 1. The number of aromatic amines is 1. The molecule has 0 radical (unpaired) electrons. The number of alkyl halides is 1. The minimum atomic E-state index is -3.39. The van der Waals surface area contributed by atoms with E-state index in [9.17, 15) is 8.42 Å². The Labute approximate surface area is 111 Å². The topological polar surface area (TPSA) is 74.8 Å². The SMILES string of the molecule is CC(CCl)CS(=O)(=O)Nc1cccc2[nH]ncc12. The average molecular weight is 288 g/mol. The summed E-state index contributed by atoms with van der Waals surface area (Å²) in [5.74, 6) is 0.231. The molecule has 2 rings (SSSR count). The largest absolute Gasteiger partial charge is 0.283 e. The number of H-pyrrole nitrogens is 1. The van der Waals surface area contributed by atoms with Crippen LogP contribution in [0.2, 0.25) is 0 Å². The maximum Gasteiger partial charge on any atom is 0.233 e. The summed E-state index contributed by atoms with van der Waals surface area (Å²) in [6, 6.07) is 5.31. The highest BCUT2D eigenvalue weighted by molar-refractivity contribution is 7.92. The average Bonchev–Trinajstić information content (AvgIpc) is 2.77. The van der Waals surface area contributed by atoms with Crippen molar-refractivity contribution in [1.82, 2.24) is 10.2 Å². The Morgan fingerprint density at radius 3 is 3.00 bits per heavy atom. The molecule has 0 fully saturated rings. The van der Waals surface area contributed by atoms with Gasteiger partial charge in [0.15, 0.2) is 0 Å². The number of hydrogen-bond acceptors (Lipinski definition) is 3. The second kappa shape index (κ2) is 5.16. The molecule has 7 heteroatoms. The minimum Gasteiger partial charge on any atom is -0.283 e. The second-order valence-corrected chi connectivity index (χ2v) is 6.36. The summed E-state index contributed by atoms with van der Waals surface area (Å²) >= 11 is 5.63. The first-order valence-electron chi connectivity index (χ1n) is 5.50. The second-order valence-electron chi connectivity index (χ2n) is 4.28. The van der Waals surface area contributed by atoms with Crippen LogP contribution in [-0.4, -0.2) is 30.2 Å². The van der Waals surface area contributed by atoms with Crippen molar-refractivity contribution in [2.24, 2.45) is 5.92 Å². The zero-order valence-corrected chi connectivity index (χ0v) is 11.4. The molecule has 0 aliphatic heterocycles. The number of sulfonamides is 1. The zero-order chi connectivity index (χ0) is 13.2.